The van der Waals surface area contributed by atoms with Crippen molar-refractivity contribution in [2.45, 2.75) is 38.7 Å². The number of benzene rings is 2. The molecule has 0 fully saturated rings. The summed E-state index contributed by atoms with van der Waals surface area (Å²) < 4.78 is 44.8. The topological polar surface area (TPSA) is 29.5 Å². The second kappa shape index (κ2) is 5.22. The van der Waals surface area contributed by atoms with Gasteiger partial charge < -0.3 is 9.84 Å². The fourth-order valence-corrected chi connectivity index (χ4v) is 2.21. The summed E-state index contributed by atoms with van der Waals surface area (Å²) in [5.41, 5.74) is -3.09. The van der Waals surface area contributed by atoms with Crippen LogP contribution in [0.2, 0.25) is 0 Å². The van der Waals surface area contributed by atoms with Crippen LogP contribution in [0.5, 0.6) is 5.75 Å². The molecule has 0 amide bonds. The van der Waals surface area contributed by atoms with E-state index in [-0.39, 0.29) is 11.7 Å². The fourth-order valence-electron chi connectivity index (χ4n) is 2.21. The second-order valence-corrected chi connectivity index (χ2v) is 5.39. The maximum Gasteiger partial charge on any atom is 0.421 e. The summed E-state index contributed by atoms with van der Waals surface area (Å²) in [4.78, 5) is 0. The lowest BCUT2D eigenvalue weighted by atomic mass is 9.90. The number of alkyl halides is 3. The molecular weight excluding hydrogens is 281 g/mol. The van der Waals surface area contributed by atoms with Crippen molar-refractivity contribution in [3.8, 4) is 5.75 Å². The normalized spacial score (nSPS) is 15.2. The number of ether oxygens (including phenoxy) is 1. The molecule has 2 aromatic carbocycles. The van der Waals surface area contributed by atoms with E-state index >= 15 is 0 Å². The number of fused-ring (bicyclic) bond motifs is 1. The van der Waals surface area contributed by atoms with Crippen LogP contribution in [0.25, 0.3) is 10.8 Å². The molecule has 0 aliphatic rings. The van der Waals surface area contributed by atoms with E-state index in [2.05, 4.69) is 0 Å². The molecule has 0 spiro atoms. The van der Waals surface area contributed by atoms with Crippen LogP contribution in [0, 0.1) is 0 Å². The third-order valence-corrected chi connectivity index (χ3v) is 3.32. The molecule has 2 aromatic rings. The fraction of sp³-hybridized carbons (Fsp3) is 0.375. The van der Waals surface area contributed by atoms with E-state index < -0.39 is 11.8 Å². The van der Waals surface area contributed by atoms with Gasteiger partial charge in [0.25, 0.3) is 0 Å². The van der Waals surface area contributed by atoms with Crippen molar-refractivity contribution in [3.05, 3.63) is 42.0 Å². The smallest absolute Gasteiger partial charge is 0.421 e. The van der Waals surface area contributed by atoms with E-state index in [0.29, 0.717) is 16.5 Å². The van der Waals surface area contributed by atoms with Gasteiger partial charge in [-0.05, 0) is 32.2 Å². The van der Waals surface area contributed by atoms with Crippen LogP contribution in [0.15, 0.2) is 36.4 Å². The first-order chi connectivity index (χ1) is 9.64. The molecule has 5 heteroatoms. The van der Waals surface area contributed by atoms with Crippen molar-refractivity contribution >= 4 is 10.8 Å². The molecule has 0 aromatic heterocycles. The maximum absolute atomic E-state index is 13.1. The molecule has 0 aliphatic heterocycles. The molecular formula is C16H17F3O2. The zero-order chi connectivity index (χ0) is 15.8. The van der Waals surface area contributed by atoms with Crippen LogP contribution in [0.3, 0.4) is 0 Å². The van der Waals surface area contributed by atoms with E-state index in [1.807, 2.05) is 13.8 Å². The van der Waals surface area contributed by atoms with Gasteiger partial charge in [0.15, 0.2) is 5.60 Å². The predicted molar refractivity (Wildman–Crippen MR) is 75.3 cm³/mol. The van der Waals surface area contributed by atoms with Crippen LogP contribution in [-0.4, -0.2) is 17.4 Å². The first-order valence-electron chi connectivity index (χ1n) is 6.62. The highest BCUT2D eigenvalue weighted by Crippen LogP contribution is 2.43. The summed E-state index contributed by atoms with van der Waals surface area (Å²) in [6.45, 7) is 4.45. The average Bonchev–Trinajstić information content (AvgIpc) is 2.37. The lowest BCUT2D eigenvalue weighted by Crippen LogP contribution is -2.39. The van der Waals surface area contributed by atoms with E-state index in [1.54, 1.807) is 24.3 Å². The predicted octanol–water partition coefficient (Wildman–Crippen LogP) is 4.40. The third-order valence-electron chi connectivity index (χ3n) is 3.32. The Kier molecular flexibility index (Phi) is 3.89. The lowest BCUT2D eigenvalue weighted by Gasteiger charge is -2.28. The molecule has 0 bridgehead atoms. The van der Waals surface area contributed by atoms with Crippen molar-refractivity contribution in [2.24, 2.45) is 0 Å². The van der Waals surface area contributed by atoms with Gasteiger partial charge in [0, 0.05) is 10.9 Å². The van der Waals surface area contributed by atoms with E-state index in [9.17, 15) is 18.3 Å². The summed E-state index contributed by atoms with van der Waals surface area (Å²) in [6.07, 6.45) is -4.85. The zero-order valence-corrected chi connectivity index (χ0v) is 12.0. The molecule has 0 heterocycles. The number of halogens is 3. The van der Waals surface area contributed by atoms with Gasteiger partial charge in [0.2, 0.25) is 0 Å². The molecule has 1 atom stereocenters. The standard InChI is InChI=1S/C16H17F3O2/c1-10(2)21-14-9-8-13(15(3,20)16(17,18)19)11-6-4-5-7-12(11)14/h4-10,20H,1-3H3. The first-order valence-corrected chi connectivity index (χ1v) is 6.62. The summed E-state index contributed by atoms with van der Waals surface area (Å²) >= 11 is 0. The summed E-state index contributed by atoms with van der Waals surface area (Å²) in [7, 11) is 0. The van der Waals surface area contributed by atoms with Gasteiger partial charge in [-0.25, -0.2) is 0 Å². The van der Waals surface area contributed by atoms with Crippen molar-refractivity contribution in [1.29, 1.82) is 0 Å². The molecule has 2 nitrogen and oxygen atoms in total. The Labute approximate surface area is 121 Å². The first kappa shape index (κ1) is 15.6. The van der Waals surface area contributed by atoms with Crippen LogP contribution < -0.4 is 4.74 Å². The average molecular weight is 298 g/mol. The van der Waals surface area contributed by atoms with Gasteiger partial charge in [-0.2, -0.15) is 13.2 Å². The molecule has 114 valence electrons. The molecule has 2 rings (SSSR count). The maximum atomic E-state index is 13.1. The zero-order valence-electron chi connectivity index (χ0n) is 12.0. The Morgan fingerprint density at radius 3 is 2.10 bits per heavy atom. The van der Waals surface area contributed by atoms with E-state index in [4.69, 9.17) is 4.74 Å². The molecule has 0 saturated heterocycles. The largest absolute Gasteiger partial charge is 0.490 e. The van der Waals surface area contributed by atoms with Crippen LogP contribution in [-0.2, 0) is 5.60 Å². The SMILES string of the molecule is CC(C)Oc1ccc(C(C)(O)C(F)(F)F)c2ccccc12. The Morgan fingerprint density at radius 2 is 1.57 bits per heavy atom. The second-order valence-electron chi connectivity index (χ2n) is 5.39. The van der Waals surface area contributed by atoms with Gasteiger partial charge in [0.05, 0.1) is 6.10 Å². The molecule has 0 aliphatic carbocycles. The van der Waals surface area contributed by atoms with Crippen molar-refractivity contribution < 1.29 is 23.0 Å². The minimum atomic E-state index is -4.75. The van der Waals surface area contributed by atoms with Gasteiger partial charge >= 0.3 is 6.18 Å². The molecule has 0 saturated carbocycles. The number of aliphatic hydroxyl groups is 1. The van der Waals surface area contributed by atoms with Gasteiger partial charge in [-0.3, -0.25) is 0 Å². The number of hydrogen-bond acceptors (Lipinski definition) is 2. The van der Waals surface area contributed by atoms with Gasteiger partial charge in [-0.1, -0.05) is 30.3 Å². The molecule has 1 N–H and O–H groups in total. The summed E-state index contributed by atoms with van der Waals surface area (Å²) in [6, 6.07) is 9.34. The molecule has 0 radical (unpaired) electrons. The summed E-state index contributed by atoms with van der Waals surface area (Å²) in [5.74, 6) is 0.502. The Balaban J connectivity index is 2.69. The van der Waals surface area contributed by atoms with Crippen LogP contribution in [0.1, 0.15) is 26.3 Å². The van der Waals surface area contributed by atoms with E-state index in [0.717, 1.165) is 6.92 Å². The Bertz CT molecular complexity index is 646. The monoisotopic (exact) mass is 298 g/mol. The van der Waals surface area contributed by atoms with E-state index in [1.165, 1.54) is 12.1 Å². The minimum Gasteiger partial charge on any atom is -0.490 e. The highest BCUT2D eigenvalue weighted by Gasteiger charge is 2.51. The Hall–Kier alpha value is -1.75. The molecule has 1 unspecified atom stereocenters. The van der Waals surface area contributed by atoms with Gasteiger partial charge in [0.1, 0.15) is 5.75 Å². The molecule has 21 heavy (non-hydrogen) atoms. The Morgan fingerprint density at radius 1 is 1.00 bits per heavy atom. The van der Waals surface area contributed by atoms with Crippen LogP contribution in [0.4, 0.5) is 13.2 Å². The highest BCUT2D eigenvalue weighted by atomic mass is 19.4. The van der Waals surface area contributed by atoms with Crippen molar-refractivity contribution in [3.63, 3.8) is 0 Å². The minimum absolute atomic E-state index is 0.0950. The number of rotatable bonds is 3. The van der Waals surface area contributed by atoms with Gasteiger partial charge in [-0.15, -0.1) is 0 Å². The number of hydrogen-bond donors (Lipinski definition) is 1. The highest BCUT2D eigenvalue weighted by molar-refractivity contribution is 5.91. The lowest BCUT2D eigenvalue weighted by molar-refractivity contribution is -0.258. The summed E-state index contributed by atoms with van der Waals surface area (Å²) in [5, 5.41) is 10.8. The van der Waals surface area contributed by atoms with Crippen molar-refractivity contribution in [2.75, 3.05) is 0 Å². The van der Waals surface area contributed by atoms with Crippen LogP contribution >= 0.6 is 0 Å². The van der Waals surface area contributed by atoms with Crippen molar-refractivity contribution in [1.82, 2.24) is 0 Å². The third kappa shape index (κ3) is 2.83. The quantitative estimate of drug-likeness (QED) is 0.910.